The number of nitrogens with zero attached hydrogens (tertiary/aromatic N) is 1. The highest BCUT2D eigenvalue weighted by molar-refractivity contribution is 6.23. The number of furan rings is 1. The number of aromatic nitrogens is 1. The zero-order valence-electron chi connectivity index (χ0n) is 18.4. The zero-order chi connectivity index (χ0) is 20.7. The van der Waals surface area contributed by atoms with Gasteiger partial charge < -0.3 is 8.98 Å². The lowest BCUT2D eigenvalue weighted by molar-refractivity contribution is 0.207. The molecule has 2 atom stereocenters. The van der Waals surface area contributed by atoms with Crippen molar-refractivity contribution in [1.29, 1.82) is 0 Å². The zero-order valence-corrected chi connectivity index (χ0v) is 18.4. The highest BCUT2D eigenvalue weighted by Crippen LogP contribution is 2.54. The number of fused-ring (bicyclic) bond motifs is 9. The Hall–Kier alpha value is -2.74. The third kappa shape index (κ3) is 2.34. The van der Waals surface area contributed by atoms with Crippen molar-refractivity contribution in [1.82, 2.24) is 4.57 Å². The summed E-state index contributed by atoms with van der Waals surface area (Å²) in [6.45, 7) is 2.42. The summed E-state index contributed by atoms with van der Waals surface area (Å²) in [5.74, 6) is 1.89. The molecule has 0 spiro atoms. The van der Waals surface area contributed by atoms with Gasteiger partial charge >= 0.3 is 0 Å². The third-order valence-electron chi connectivity index (χ3n) is 8.80. The number of aryl methyl sites for hydroxylation is 1. The molecule has 2 heteroatoms. The monoisotopic (exact) mass is 407 g/mol. The molecule has 0 aliphatic heterocycles. The van der Waals surface area contributed by atoms with E-state index in [9.17, 15) is 0 Å². The molecular formula is C29H29NO. The Morgan fingerprint density at radius 3 is 2.52 bits per heavy atom. The maximum absolute atomic E-state index is 6.18. The molecule has 2 nitrogen and oxygen atoms in total. The molecule has 0 saturated heterocycles. The molecule has 2 unspecified atom stereocenters. The summed E-state index contributed by atoms with van der Waals surface area (Å²) in [6.07, 6.45) is 8.40. The Morgan fingerprint density at radius 1 is 0.903 bits per heavy atom. The molecule has 0 radical (unpaired) electrons. The van der Waals surface area contributed by atoms with Crippen LogP contribution < -0.4 is 0 Å². The second kappa shape index (κ2) is 6.16. The van der Waals surface area contributed by atoms with Crippen LogP contribution >= 0.6 is 0 Å². The van der Waals surface area contributed by atoms with Gasteiger partial charge in [-0.2, -0.15) is 0 Å². The van der Waals surface area contributed by atoms with Crippen LogP contribution in [-0.4, -0.2) is 4.57 Å². The number of benzene rings is 3. The van der Waals surface area contributed by atoms with Gasteiger partial charge in [0.1, 0.15) is 11.2 Å². The first kappa shape index (κ1) is 17.9. The van der Waals surface area contributed by atoms with Crippen molar-refractivity contribution in [3.05, 3.63) is 60.2 Å². The normalized spacial score (nSPS) is 26.0. The Labute approximate surface area is 182 Å². The molecule has 7 rings (SSSR count). The second-order valence-corrected chi connectivity index (χ2v) is 10.3. The first-order valence-electron chi connectivity index (χ1n) is 12.0. The summed E-state index contributed by atoms with van der Waals surface area (Å²) in [6, 6.07) is 20.2. The van der Waals surface area contributed by atoms with Crippen molar-refractivity contribution < 1.29 is 4.42 Å². The lowest BCUT2D eigenvalue weighted by Gasteiger charge is -2.41. The molecule has 3 aromatic carbocycles. The van der Waals surface area contributed by atoms with Crippen molar-refractivity contribution in [2.75, 3.05) is 0 Å². The van der Waals surface area contributed by atoms with E-state index in [1.54, 1.807) is 5.56 Å². The minimum absolute atomic E-state index is 0.368. The van der Waals surface area contributed by atoms with Crippen LogP contribution in [0.15, 0.2) is 59.0 Å². The molecule has 156 valence electrons. The van der Waals surface area contributed by atoms with Gasteiger partial charge in [-0.1, -0.05) is 44.0 Å². The molecule has 5 aromatic rings. The van der Waals surface area contributed by atoms with Crippen molar-refractivity contribution in [3.63, 3.8) is 0 Å². The summed E-state index contributed by atoms with van der Waals surface area (Å²) in [4.78, 5) is 0. The van der Waals surface area contributed by atoms with Crippen LogP contribution in [-0.2, 0) is 12.5 Å². The predicted molar refractivity (Wildman–Crippen MR) is 130 cm³/mol. The van der Waals surface area contributed by atoms with Crippen LogP contribution in [0.25, 0.3) is 43.7 Å². The van der Waals surface area contributed by atoms with Gasteiger partial charge in [-0.15, -0.1) is 0 Å². The predicted octanol–water partition coefficient (Wildman–Crippen LogP) is 8.09. The van der Waals surface area contributed by atoms with E-state index in [2.05, 4.69) is 73.1 Å². The SMILES string of the molecule is CCC1(c2ccc3c(c2)c2ccc4oc5ccccc5c4c2n3C)CC2CCC(C2)C1. The number of hydrogen-bond acceptors (Lipinski definition) is 1. The molecule has 31 heavy (non-hydrogen) atoms. The Bertz CT molecular complexity index is 1470. The first-order chi connectivity index (χ1) is 15.2. The molecule has 2 bridgehead atoms. The fraction of sp³-hybridized carbons (Fsp3) is 0.379. The van der Waals surface area contributed by atoms with Crippen LogP contribution in [0.1, 0.15) is 51.0 Å². The summed E-state index contributed by atoms with van der Waals surface area (Å²) in [7, 11) is 2.21. The average molecular weight is 408 g/mol. The Morgan fingerprint density at radius 2 is 1.71 bits per heavy atom. The second-order valence-electron chi connectivity index (χ2n) is 10.3. The maximum Gasteiger partial charge on any atom is 0.137 e. The van der Waals surface area contributed by atoms with Gasteiger partial charge in [-0.3, -0.25) is 0 Å². The maximum atomic E-state index is 6.18. The topological polar surface area (TPSA) is 18.1 Å². The number of para-hydroxylation sites is 1. The number of rotatable bonds is 2. The van der Waals surface area contributed by atoms with Crippen LogP contribution in [0.3, 0.4) is 0 Å². The van der Waals surface area contributed by atoms with Crippen molar-refractivity contribution in [3.8, 4) is 0 Å². The van der Waals surface area contributed by atoms with Gasteiger partial charge in [0.15, 0.2) is 0 Å². The summed E-state index contributed by atoms with van der Waals surface area (Å²) < 4.78 is 8.56. The summed E-state index contributed by atoms with van der Waals surface area (Å²) in [5.41, 5.74) is 6.51. The quantitative estimate of drug-likeness (QED) is 0.289. The van der Waals surface area contributed by atoms with E-state index in [0.29, 0.717) is 5.41 Å². The van der Waals surface area contributed by atoms with Gasteiger partial charge in [0.05, 0.1) is 10.9 Å². The van der Waals surface area contributed by atoms with Gasteiger partial charge in [-0.25, -0.2) is 0 Å². The molecule has 2 aliphatic rings. The smallest absolute Gasteiger partial charge is 0.137 e. The van der Waals surface area contributed by atoms with Crippen LogP contribution in [0.4, 0.5) is 0 Å². The highest BCUT2D eigenvalue weighted by atomic mass is 16.3. The van der Waals surface area contributed by atoms with Crippen molar-refractivity contribution in [2.24, 2.45) is 18.9 Å². The largest absolute Gasteiger partial charge is 0.456 e. The molecule has 0 amide bonds. The van der Waals surface area contributed by atoms with Crippen LogP contribution in [0, 0.1) is 11.8 Å². The molecule has 2 fully saturated rings. The first-order valence-corrected chi connectivity index (χ1v) is 12.0. The van der Waals surface area contributed by atoms with Crippen molar-refractivity contribution >= 4 is 43.7 Å². The fourth-order valence-corrected chi connectivity index (χ4v) is 7.33. The van der Waals surface area contributed by atoms with Crippen molar-refractivity contribution in [2.45, 2.75) is 50.9 Å². The summed E-state index contributed by atoms with van der Waals surface area (Å²) >= 11 is 0. The lowest BCUT2D eigenvalue weighted by atomic mass is 9.64. The molecule has 2 aliphatic carbocycles. The van der Waals surface area contributed by atoms with E-state index in [1.165, 1.54) is 71.1 Å². The minimum atomic E-state index is 0.368. The van der Waals surface area contributed by atoms with Crippen LogP contribution in [0.2, 0.25) is 0 Å². The lowest BCUT2D eigenvalue weighted by Crippen LogP contribution is -2.33. The molecular weight excluding hydrogens is 378 g/mol. The number of hydrogen-bond donors (Lipinski definition) is 0. The van der Waals surface area contributed by atoms with E-state index in [0.717, 1.165) is 23.0 Å². The average Bonchev–Trinajstić information content (AvgIpc) is 3.44. The Balaban J connectivity index is 1.51. The van der Waals surface area contributed by atoms with E-state index >= 15 is 0 Å². The molecule has 2 aromatic heterocycles. The molecule has 2 saturated carbocycles. The molecule has 2 heterocycles. The molecule has 0 N–H and O–H groups in total. The standard InChI is InChI=1S/C29H29NO/c1-3-29(16-18-8-9-19(14-18)17-29)20-10-12-24-23(15-20)21-11-13-26-27(28(21)30(24)2)22-6-4-5-7-25(22)31-26/h4-7,10-13,15,18-19H,3,8-9,14,16-17H2,1-2H3. The van der Waals surface area contributed by atoms with E-state index in [1.807, 2.05) is 0 Å². The van der Waals surface area contributed by atoms with Gasteiger partial charge in [-0.05, 0) is 78.8 Å². The van der Waals surface area contributed by atoms with Gasteiger partial charge in [0, 0.05) is 28.7 Å². The Kier molecular flexibility index (Phi) is 3.55. The third-order valence-corrected chi connectivity index (χ3v) is 8.80. The van der Waals surface area contributed by atoms with E-state index < -0.39 is 0 Å². The summed E-state index contributed by atoms with van der Waals surface area (Å²) in [5, 5.41) is 5.20. The van der Waals surface area contributed by atoms with Gasteiger partial charge in [0.25, 0.3) is 0 Å². The fourth-order valence-electron chi connectivity index (χ4n) is 7.33. The minimum Gasteiger partial charge on any atom is -0.456 e. The van der Waals surface area contributed by atoms with E-state index in [-0.39, 0.29) is 0 Å². The van der Waals surface area contributed by atoms with Gasteiger partial charge in [0.2, 0.25) is 0 Å². The highest BCUT2D eigenvalue weighted by Gasteiger charge is 2.43. The van der Waals surface area contributed by atoms with E-state index in [4.69, 9.17) is 4.42 Å². The van der Waals surface area contributed by atoms with Crippen LogP contribution in [0.5, 0.6) is 0 Å².